The predicted molar refractivity (Wildman–Crippen MR) is 53.7 cm³/mol. The number of hydrogen-bond donors (Lipinski definition) is 2. The fourth-order valence-electron chi connectivity index (χ4n) is 0.903. The van der Waals surface area contributed by atoms with E-state index in [-0.39, 0.29) is 0 Å². The quantitative estimate of drug-likeness (QED) is 0.632. The van der Waals surface area contributed by atoms with Gasteiger partial charge in [0.05, 0.1) is 0 Å². The van der Waals surface area contributed by atoms with Gasteiger partial charge in [0.1, 0.15) is 0 Å². The Balaban J connectivity index is 3.42. The van der Waals surface area contributed by atoms with Crippen LogP contribution >= 0.6 is 12.2 Å². The smallest absolute Gasteiger partial charge is 0.166 e. The highest BCUT2D eigenvalue weighted by Crippen LogP contribution is 2.04. The molecule has 0 atom stereocenters. The second-order valence-electron chi connectivity index (χ2n) is 2.64. The fourth-order valence-corrected chi connectivity index (χ4v) is 0.986. The molecule has 11 heavy (non-hydrogen) atoms. The van der Waals surface area contributed by atoms with E-state index in [1.54, 1.807) is 0 Å². The number of rotatable bonds is 4. The van der Waals surface area contributed by atoms with Crippen molar-refractivity contribution in [2.24, 2.45) is 5.92 Å². The zero-order valence-electron chi connectivity index (χ0n) is 7.61. The maximum atomic E-state index is 4.95. The molecule has 0 aromatic carbocycles. The van der Waals surface area contributed by atoms with E-state index in [0.29, 0.717) is 0 Å². The normalized spacial score (nSPS) is 9.82. The standard InChI is InChI=1S/C8H18N2S/c1-4-7(5-2)6-10-8(11)9-3/h7H,4-6H2,1-3H3,(H2,9,10,11). The minimum absolute atomic E-state index is 0.747. The van der Waals surface area contributed by atoms with E-state index in [4.69, 9.17) is 12.2 Å². The number of nitrogens with one attached hydrogen (secondary N) is 2. The Labute approximate surface area is 74.8 Å². The van der Waals surface area contributed by atoms with E-state index in [9.17, 15) is 0 Å². The first kappa shape index (κ1) is 10.7. The van der Waals surface area contributed by atoms with Gasteiger partial charge in [-0.1, -0.05) is 26.7 Å². The molecule has 0 unspecified atom stereocenters. The molecule has 0 aliphatic carbocycles. The van der Waals surface area contributed by atoms with Crippen molar-refractivity contribution in [1.82, 2.24) is 10.6 Å². The van der Waals surface area contributed by atoms with Crippen LogP contribution in [0.5, 0.6) is 0 Å². The third-order valence-corrected chi connectivity index (χ3v) is 2.28. The van der Waals surface area contributed by atoms with Crippen LogP contribution in [0, 0.1) is 5.92 Å². The summed E-state index contributed by atoms with van der Waals surface area (Å²) in [5.74, 6) is 0.751. The van der Waals surface area contributed by atoms with Crippen LogP contribution in [0.1, 0.15) is 26.7 Å². The number of thiocarbonyl (C=S) groups is 1. The first-order valence-electron chi connectivity index (χ1n) is 4.20. The van der Waals surface area contributed by atoms with Gasteiger partial charge in [0, 0.05) is 13.6 Å². The summed E-state index contributed by atoms with van der Waals surface area (Å²) in [6.45, 7) is 5.41. The van der Waals surface area contributed by atoms with Gasteiger partial charge in [-0.3, -0.25) is 0 Å². The third kappa shape index (κ3) is 5.01. The molecule has 0 saturated heterocycles. The lowest BCUT2D eigenvalue weighted by molar-refractivity contribution is 0.484. The van der Waals surface area contributed by atoms with Gasteiger partial charge in [-0.2, -0.15) is 0 Å². The Morgan fingerprint density at radius 2 is 1.91 bits per heavy atom. The minimum atomic E-state index is 0.747. The highest BCUT2D eigenvalue weighted by molar-refractivity contribution is 7.80. The molecule has 0 heterocycles. The summed E-state index contributed by atoms with van der Waals surface area (Å²) in [5, 5.41) is 6.79. The van der Waals surface area contributed by atoms with Crippen molar-refractivity contribution in [2.45, 2.75) is 26.7 Å². The number of hydrogen-bond acceptors (Lipinski definition) is 1. The average molecular weight is 174 g/mol. The van der Waals surface area contributed by atoms with E-state index in [1.807, 2.05) is 7.05 Å². The Hall–Kier alpha value is -0.310. The van der Waals surface area contributed by atoms with E-state index >= 15 is 0 Å². The molecule has 0 aromatic heterocycles. The topological polar surface area (TPSA) is 24.1 Å². The molecule has 0 spiro atoms. The zero-order valence-corrected chi connectivity index (χ0v) is 8.42. The maximum Gasteiger partial charge on any atom is 0.166 e. The van der Waals surface area contributed by atoms with Crippen LogP contribution in [-0.4, -0.2) is 18.7 Å². The van der Waals surface area contributed by atoms with Crippen LogP contribution < -0.4 is 10.6 Å². The SMILES string of the molecule is CCC(CC)CNC(=S)NC. The Kier molecular flexibility index (Phi) is 6.22. The monoisotopic (exact) mass is 174 g/mol. The summed E-state index contributed by atoms with van der Waals surface area (Å²) >= 11 is 4.95. The lowest BCUT2D eigenvalue weighted by atomic mass is 10.0. The molecule has 0 saturated carbocycles. The molecule has 0 aliphatic rings. The summed E-state index contributed by atoms with van der Waals surface area (Å²) < 4.78 is 0. The second kappa shape index (κ2) is 6.40. The van der Waals surface area contributed by atoms with Crippen LogP contribution in [-0.2, 0) is 0 Å². The highest BCUT2D eigenvalue weighted by Gasteiger charge is 2.02. The van der Waals surface area contributed by atoms with Gasteiger partial charge in [-0.25, -0.2) is 0 Å². The van der Waals surface area contributed by atoms with Crippen molar-refractivity contribution < 1.29 is 0 Å². The Morgan fingerprint density at radius 3 is 2.27 bits per heavy atom. The maximum absolute atomic E-state index is 4.95. The first-order valence-corrected chi connectivity index (χ1v) is 4.60. The van der Waals surface area contributed by atoms with Gasteiger partial charge in [-0.05, 0) is 18.1 Å². The van der Waals surface area contributed by atoms with Crippen LogP contribution in [0.2, 0.25) is 0 Å². The van der Waals surface area contributed by atoms with Crippen molar-refractivity contribution in [2.75, 3.05) is 13.6 Å². The van der Waals surface area contributed by atoms with Crippen molar-refractivity contribution in [3.63, 3.8) is 0 Å². The molecule has 0 radical (unpaired) electrons. The molecule has 3 heteroatoms. The van der Waals surface area contributed by atoms with Crippen molar-refractivity contribution in [3.8, 4) is 0 Å². The van der Waals surface area contributed by atoms with Gasteiger partial charge < -0.3 is 10.6 Å². The molecule has 2 N–H and O–H groups in total. The lowest BCUT2D eigenvalue weighted by Crippen LogP contribution is -2.35. The molecule has 0 rings (SSSR count). The molecule has 2 nitrogen and oxygen atoms in total. The van der Waals surface area contributed by atoms with Crippen molar-refractivity contribution in [3.05, 3.63) is 0 Å². The third-order valence-electron chi connectivity index (χ3n) is 1.93. The van der Waals surface area contributed by atoms with Crippen LogP contribution in [0.15, 0.2) is 0 Å². The van der Waals surface area contributed by atoms with Crippen molar-refractivity contribution in [1.29, 1.82) is 0 Å². The van der Waals surface area contributed by atoms with Crippen LogP contribution in [0.4, 0.5) is 0 Å². The van der Waals surface area contributed by atoms with E-state index in [0.717, 1.165) is 17.6 Å². The zero-order chi connectivity index (χ0) is 8.69. The highest BCUT2D eigenvalue weighted by atomic mass is 32.1. The fraction of sp³-hybridized carbons (Fsp3) is 0.875. The molecule has 0 aromatic rings. The van der Waals surface area contributed by atoms with Gasteiger partial charge >= 0.3 is 0 Å². The summed E-state index contributed by atoms with van der Waals surface area (Å²) in [7, 11) is 1.84. The summed E-state index contributed by atoms with van der Waals surface area (Å²) in [6.07, 6.45) is 2.44. The van der Waals surface area contributed by atoms with Crippen molar-refractivity contribution >= 4 is 17.3 Å². The molecule has 0 bridgehead atoms. The Bertz CT molecular complexity index is 111. The first-order chi connectivity index (χ1) is 5.24. The summed E-state index contributed by atoms with van der Waals surface area (Å²) in [5.41, 5.74) is 0. The van der Waals surface area contributed by atoms with Crippen LogP contribution in [0.25, 0.3) is 0 Å². The van der Waals surface area contributed by atoms with Crippen LogP contribution in [0.3, 0.4) is 0 Å². The molecule has 0 aliphatic heterocycles. The summed E-state index contributed by atoms with van der Waals surface area (Å²) in [4.78, 5) is 0. The largest absolute Gasteiger partial charge is 0.366 e. The van der Waals surface area contributed by atoms with Gasteiger partial charge in [0.15, 0.2) is 5.11 Å². The predicted octanol–water partition coefficient (Wildman–Crippen LogP) is 1.52. The van der Waals surface area contributed by atoms with E-state index in [1.165, 1.54) is 12.8 Å². The molecular weight excluding hydrogens is 156 g/mol. The lowest BCUT2D eigenvalue weighted by Gasteiger charge is -2.14. The molecular formula is C8H18N2S. The van der Waals surface area contributed by atoms with Gasteiger partial charge in [-0.15, -0.1) is 0 Å². The molecule has 0 amide bonds. The molecule has 66 valence electrons. The minimum Gasteiger partial charge on any atom is -0.366 e. The molecule has 0 fully saturated rings. The van der Waals surface area contributed by atoms with E-state index < -0.39 is 0 Å². The van der Waals surface area contributed by atoms with E-state index in [2.05, 4.69) is 24.5 Å². The van der Waals surface area contributed by atoms with Gasteiger partial charge in [0.25, 0.3) is 0 Å². The average Bonchev–Trinajstić information content (AvgIpc) is 2.06. The van der Waals surface area contributed by atoms with Gasteiger partial charge in [0.2, 0.25) is 0 Å². The Morgan fingerprint density at radius 1 is 1.36 bits per heavy atom. The second-order valence-corrected chi connectivity index (χ2v) is 3.05. The summed E-state index contributed by atoms with van der Waals surface area (Å²) in [6, 6.07) is 0.